The van der Waals surface area contributed by atoms with Crippen LogP contribution in [0.2, 0.25) is 0 Å². The second-order valence-corrected chi connectivity index (χ2v) is 19.3. The zero-order valence-corrected chi connectivity index (χ0v) is 33.3. The van der Waals surface area contributed by atoms with Crippen LogP contribution >= 0.6 is 15.8 Å². The molecule has 2 heteroatoms. The van der Waals surface area contributed by atoms with E-state index in [9.17, 15) is 0 Å². The molecule has 0 spiro atoms. The normalized spacial score (nSPS) is 14.1. The van der Waals surface area contributed by atoms with Gasteiger partial charge in [-0.3, -0.25) is 0 Å². The lowest BCUT2D eigenvalue weighted by Gasteiger charge is -2.55. The van der Waals surface area contributed by atoms with E-state index >= 15 is 0 Å². The van der Waals surface area contributed by atoms with Gasteiger partial charge in [-0.25, -0.2) is 0 Å². The SMILES string of the molecule is CCCC(C(C)C)(C(c1ccccc1)P(c1ccc(C)cc1)c1ccc(C)cc1)C(c1ccccc1)P(c1ccc(C)cc1)c1ccc(C)cc1. The topological polar surface area (TPSA) is 0 Å². The van der Waals surface area contributed by atoms with Crippen LogP contribution in [0.25, 0.3) is 0 Å². The van der Waals surface area contributed by atoms with Gasteiger partial charge in [-0.1, -0.05) is 207 Å². The molecule has 2 atom stereocenters. The third-order valence-corrected chi connectivity index (χ3v) is 16.8. The quantitative estimate of drug-likeness (QED) is 0.105. The Morgan fingerprint density at radius 1 is 0.412 bits per heavy atom. The van der Waals surface area contributed by atoms with E-state index in [0.29, 0.717) is 5.92 Å². The first-order valence-corrected chi connectivity index (χ1v) is 21.5. The second kappa shape index (κ2) is 16.7. The van der Waals surface area contributed by atoms with E-state index in [4.69, 9.17) is 0 Å². The lowest BCUT2D eigenvalue weighted by atomic mass is 9.65. The Kier molecular flexibility index (Phi) is 12.1. The summed E-state index contributed by atoms with van der Waals surface area (Å²) in [5.41, 5.74) is 8.54. The fraction of sp³-hybridized carbons (Fsp3) is 0.265. The van der Waals surface area contributed by atoms with Crippen LogP contribution < -0.4 is 21.2 Å². The largest absolute Gasteiger partial charge is 0.0654 e. The van der Waals surface area contributed by atoms with Crippen molar-refractivity contribution < 1.29 is 0 Å². The first kappa shape index (κ1) is 37.0. The molecule has 0 aliphatic heterocycles. The molecule has 0 nitrogen and oxygen atoms in total. The second-order valence-electron chi connectivity index (χ2n) is 14.7. The summed E-state index contributed by atoms with van der Waals surface area (Å²) in [5.74, 6) is 0.384. The van der Waals surface area contributed by atoms with Gasteiger partial charge in [-0.2, -0.15) is 0 Å². The molecule has 260 valence electrons. The van der Waals surface area contributed by atoms with E-state index in [1.165, 1.54) is 54.6 Å². The smallest absolute Gasteiger partial charge is 0.0190 e. The Morgan fingerprint density at radius 2 is 0.686 bits per heavy atom. The van der Waals surface area contributed by atoms with Gasteiger partial charge in [0.25, 0.3) is 0 Å². The van der Waals surface area contributed by atoms with Crippen LogP contribution in [0.1, 0.15) is 78.3 Å². The van der Waals surface area contributed by atoms with Crippen LogP contribution in [-0.2, 0) is 0 Å². The summed E-state index contributed by atoms with van der Waals surface area (Å²) in [6.45, 7) is 16.3. The van der Waals surface area contributed by atoms with Crippen LogP contribution in [0.3, 0.4) is 0 Å². The lowest BCUT2D eigenvalue weighted by molar-refractivity contribution is 0.152. The van der Waals surface area contributed by atoms with Gasteiger partial charge in [0.05, 0.1) is 0 Å². The van der Waals surface area contributed by atoms with Gasteiger partial charge < -0.3 is 0 Å². The molecular formula is C49H54P2. The molecule has 0 aromatic heterocycles. The molecule has 0 bridgehead atoms. The molecule has 0 radical (unpaired) electrons. The molecule has 6 aromatic rings. The highest BCUT2D eigenvalue weighted by atomic mass is 31.1. The van der Waals surface area contributed by atoms with Crippen LogP contribution in [0.5, 0.6) is 0 Å². The zero-order chi connectivity index (χ0) is 36.0. The molecule has 6 rings (SSSR count). The Balaban J connectivity index is 1.76. The molecule has 51 heavy (non-hydrogen) atoms. The molecule has 0 heterocycles. The number of benzene rings is 6. The molecule has 0 saturated heterocycles. The van der Waals surface area contributed by atoms with Crippen LogP contribution in [0.15, 0.2) is 158 Å². The van der Waals surface area contributed by atoms with Gasteiger partial charge in [-0.05, 0) is 93.6 Å². The van der Waals surface area contributed by atoms with E-state index in [0.717, 1.165) is 12.8 Å². The predicted octanol–water partition coefficient (Wildman–Crippen LogP) is 12.4. The molecule has 0 N–H and O–H groups in total. The Labute approximate surface area is 310 Å². The molecule has 2 unspecified atom stereocenters. The summed E-state index contributed by atoms with van der Waals surface area (Å²) in [4.78, 5) is 0. The number of hydrogen-bond acceptors (Lipinski definition) is 0. The third kappa shape index (κ3) is 8.00. The summed E-state index contributed by atoms with van der Waals surface area (Å²) in [7, 11) is -1.67. The molecule has 0 aliphatic carbocycles. The Bertz CT molecular complexity index is 1710. The van der Waals surface area contributed by atoms with Crippen molar-refractivity contribution >= 4 is 37.1 Å². The Hall–Kier alpha value is -3.82. The average molecular weight is 705 g/mol. The summed E-state index contributed by atoms with van der Waals surface area (Å²) in [6.07, 6.45) is 2.23. The fourth-order valence-electron chi connectivity index (χ4n) is 8.16. The van der Waals surface area contributed by atoms with Crippen LogP contribution in [0, 0.1) is 39.0 Å². The van der Waals surface area contributed by atoms with Gasteiger partial charge in [0, 0.05) is 11.3 Å². The van der Waals surface area contributed by atoms with E-state index in [1.807, 2.05) is 0 Å². The van der Waals surface area contributed by atoms with Crippen molar-refractivity contribution in [1.29, 1.82) is 0 Å². The summed E-state index contributed by atoms with van der Waals surface area (Å²) in [6, 6.07) is 61.4. The van der Waals surface area contributed by atoms with Crippen molar-refractivity contribution in [2.24, 2.45) is 11.3 Å². The standard InChI is InChI=1S/C49H54P2/c1-8-35-49(36(2)3,47(41-15-11-9-12-16-41)50(43-27-19-37(4)20-28-43)44-29-21-38(5)22-30-44)48(42-17-13-10-14-18-42)51(45-31-23-39(6)24-32-45)46-33-25-40(7)26-34-46/h9-34,36,47-48H,8,35H2,1-7H3. The molecule has 0 aliphatic rings. The van der Waals surface area contributed by atoms with Crippen molar-refractivity contribution in [3.63, 3.8) is 0 Å². The van der Waals surface area contributed by atoms with Gasteiger partial charge in [0.2, 0.25) is 0 Å². The molecule has 6 aromatic carbocycles. The average Bonchev–Trinajstić information content (AvgIpc) is 3.15. The minimum absolute atomic E-state index is 0.111. The monoisotopic (exact) mass is 704 g/mol. The number of aryl methyl sites for hydroxylation is 4. The third-order valence-electron chi connectivity index (χ3n) is 10.8. The van der Waals surface area contributed by atoms with E-state index in [-0.39, 0.29) is 16.7 Å². The van der Waals surface area contributed by atoms with E-state index in [2.05, 4.69) is 206 Å². The molecule has 0 fully saturated rings. The van der Waals surface area contributed by atoms with Crippen molar-refractivity contribution in [3.8, 4) is 0 Å². The molecular weight excluding hydrogens is 650 g/mol. The minimum Gasteiger partial charge on any atom is -0.0654 e. The fourth-order valence-corrected chi connectivity index (χ4v) is 15.0. The zero-order valence-electron chi connectivity index (χ0n) is 31.6. The number of hydrogen-bond donors (Lipinski definition) is 0. The van der Waals surface area contributed by atoms with Crippen molar-refractivity contribution in [2.45, 2.75) is 72.6 Å². The number of rotatable bonds is 13. The summed E-state index contributed by atoms with van der Waals surface area (Å²) < 4.78 is 0. The van der Waals surface area contributed by atoms with Crippen molar-refractivity contribution in [2.75, 3.05) is 0 Å². The van der Waals surface area contributed by atoms with E-state index < -0.39 is 15.8 Å². The lowest BCUT2D eigenvalue weighted by Crippen LogP contribution is -2.43. The van der Waals surface area contributed by atoms with Crippen molar-refractivity contribution in [3.05, 3.63) is 191 Å². The van der Waals surface area contributed by atoms with Gasteiger partial charge in [-0.15, -0.1) is 0 Å². The minimum atomic E-state index is -0.833. The first-order valence-electron chi connectivity index (χ1n) is 18.7. The highest BCUT2D eigenvalue weighted by Crippen LogP contribution is 2.73. The maximum Gasteiger partial charge on any atom is 0.0190 e. The van der Waals surface area contributed by atoms with Crippen LogP contribution in [-0.4, -0.2) is 0 Å². The summed E-state index contributed by atoms with van der Waals surface area (Å²) >= 11 is 0. The maximum absolute atomic E-state index is 2.54. The van der Waals surface area contributed by atoms with Gasteiger partial charge in [0.15, 0.2) is 0 Å². The first-order chi connectivity index (χ1) is 24.7. The maximum atomic E-state index is 2.54. The van der Waals surface area contributed by atoms with Crippen molar-refractivity contribution in [1.82, 2.24) is 0 Å². The highest BCUT2D eigenvalue weighted by Gasteiger charge is 2.54. The van der Waals surface area contributed by atoms with E-state index in [1.54, 1.807) is 0 Å². The predicted molar refractivity (Wildman–Crippen MR) is 228 cm³/mol. The van der Waals surface area contributed by atoms with Crippen LogP contribution in [0.4, 0.5) is 0 Å². The summed E-state index contributed by atoms with van der Waals surface area (Å²) in [5, 5.41) is 5.82. The van der Waals surface area contributed by atoms with Gasteiger partial charge >= 0.3 is 0 Å². The Morgan fingerprint density at radius 3 is 0.922 bits per heavy atom. The molecule has 0 saturated carbocycles. The van der Waals surface area contributed by atoms with Gasteiger partial charge in [0.1, 0.15) is 0 Å². The molecule has 0 amide bonds. The highest BCUT2D eigenvalue weighted by molar-refractivity contribution is 7.74.